The normalized spacial score (nSPS) is 26.8. The number of nitrogens with one attached hydrogen (secondary N) is 1. The number of hydrogen-bond donors (Lipinski definition) is 1. The Bertz CT molecular complexity index is 532. The molecular formula is C12H11Cl2NO3. The number of carbonyl (C=O) groups excluding carboxylic acids is 1. The molecule has 0 radical (unpaired) electrons. The molecule has 0 spiro atoms. The Balaban J connectivity index is 1.76. The fourth-order valence-corrected chi connectivity index (χ4v) is 2.60. The van der Waals surface area contributed by atoms with Crippen molar-refractivity contribution in [2.24, 2.45) is 5.41 Å². The van der Waals surface area contributed by atoms with E-state index < -0.39 is 9.75 Å². The predicted molar refractivity (Wildman–Crippen MR) is 68.4 cm³/mol. The van der Waals surface area contributed by atoms with Gasteiger partial charge in [-0.25, -0.2) is 0 Å². The molecule has 1 aromatic rings. The van der Waals surface area contributed by atoms with Crippen LogP contribution in [0.3, 0.4) is 0 Å². The van der Waals surface area contributed by atoms with Crippen LogP contribution >= 0.6 is 23.2 Å². The van der Waals surface area contributed by atoms with Crippen LogP contribution in [0.4, 0.5) is 5.69 Å². The lowest BCUT2D eigenvalue weighted by atomic mass is 10.1. The summed E-state index contributed by atoms with van der Waals surface area (Å²) in [4.78, 5) is 12.1. The van der Waals surface area contributed by atoms with Gasteiger partial charge in [-0.3, -0.25) is 4.79 Å². The highest BCUT2D eigenvalue weighted by atomic mass is 35.5. The van der Waals surface area contributed by atoms with Crippen LogP contribution < -0.4 is 14.8 Å². The molecule has 96 valence electrons. The summed E-state index contributed by atoms with van der Waals surface area (Å²) in [6, 6.07) is 5.22. The van der Waals surface area contributed by atoms with Crippen LogP contribution in [0.1, 0.15) is 13.3 Å². The summed E-state index contributed by atoms with van der Waals surface area (Å²) in [5, 5.41) is 2.79. The van der Waals surface area contributed by atoms with E-state index in [0.717, 1.165) is 0 Å². The number of benzene rings is 1. The first-order valence-corrected chi connectivity index (χ1v) is 6.27. The highest BCUT2D eigenvalue weighted by Gasteiger charge is 2.67. The molecule has 3 rings (SSSR count). The van der Waals surface area contributed by atoms with Crippen LogP contribution in [-0.2, 0) is 4.79 Å². The standard InChI is InChI=1S/C12H11Cl2NO3/c1-11(5-12(11,13)14)10(16)15-7-2-3-8-9(4-7)18-6-17-8/h2-4H,5-6H2,1H3,(H,15,16)/t11-/m1/s1. The number of hydrogen-bond acceptors (Lipinski definition) is 3. The van der Waals surface area contributed by atoms with Crippen molar-refractivity contribution in [2.75, 3.05) is 12.1 Å². The maximum atomic E-state index is 12.1. The number of anilines is 1. The topological polar surface area (TPSA) is 47.6 Å². The van der Waals surface area contributed by atoms with Gasteiger partial charge < -0.3 is 14.8 Å². The molecule has 18 heavy (non-hydrogen) atoms. The van der Waals surface area contributed by atoms with Gasteiger partial charge in [-0.15, -0.1) is 23.2 Å². The first kappa shape index (κ1) is 11.9. The minimum Gasteiger partial charge on any atom is -0.454 e. The third-order valence-corrected chi connectivity index (χ3v) is 4.49. The maximum absolute atomic E-state index is 12.1. The molecule has 0 saturated heterocycles. The van der Waals surface area contributed by atoms with Crippen LogP contribution in [0.5, 0.6) is 11.5 Å². The molecule has 2 aliphatic rings. The van der Waals surface area contributed by atoms with Gasteiger partial charge in [0.05, 0.1) is 5.41 Å². The monoisotopic (exact) mass is 287 g/mol. The minimum absolute atomic E-state index is 0.189. The molecule has 6 heteroatoms. The van der Waals surface area contributed by atoms with Gasteiger partial charge in [0.25, 0.3) is 0 Å². The molecule has 1 amide bonds. The van der Waals surface area contributed by atoms with Crippen molar-refractivity contribution >= 4 is 34.8 Å². The molecule has 0 unspecified atom stereocenters. The fourth-order valence-electron chi connectivity index (χ4n) is 1.89. The van der Waals surface area contributed by atoms with Gasteiger partial charge >= 0.3 is 0 Å². The van der Waals surface area contributed by atoms with E-state index in [-0.39, 0.29) is 12.7 Å². The van der Waals surface area contributed by atoms with Gasteiger partial charge in [-0.2, -0.15) is 0 Å². The number of rotatable bonds is 2. The quantitative estimate of drug-likeness (QED) is 0.851. The largest absolute Gasteiger partial charge is 0.454 e. The molecule has 1 N–H and O–H groups in total. The predicted octanol–water partition coefficient (Wildman–Crippen LogP) is 2.94. The summed E-state index contributed by atoms with van der Waals surface area (Å²) in [5.41, 5.74) is -0.0894. The highest BCUT2D eigenvalue weighted by Crippen LogP contribution is 2.64. The van der Waals surface area contributed by atoms with E-state index in [9.17, 15) is 4.79 Å². The van der Waals surface area contributed by atoms with Gasteiger partial charge in [0, 0.05) is 11.8 Å². The van der Waals surface area contributed by atoms with Crippen LogP contribution in [0.2, 0.25) is 0 Å². The number of carbonyl (C=O) groups is 1. The smallest absolute Gasteiger partial charge is 0.233 e. The molecule has 1 saturated carbocycles. The molecule has 0 aromatic heterocycles. The van der Waals surface area contributed by atoms with Crippen molar-refractivity contribution in [1.82, 2.24) is 0 Å². The summed E-state index contributed by atoms with van der Waals surface area (Å²) >= 11 is 11.9. The number of halogens is 2. The Labute approximate surface area is 114 Å². The first-order chi connectivity index (χ1) is 8.42. The van der Waals surface area contributed by atoms with Gasteiger partial charge in [-0.05, 0) is 25.5 Å². The lowest BCUT2D eigenvalue weighted by Crippen LogP contribution is -2.25. The van der Waals surface area contributed by atoms with Crippen molar-refractivity contribution in [3.63, 3.8) is 0 Å². The highest BCUT2D eigenvalue weighted by molar-refractivity contribution is 6.53. The van der Waals surface area contributed by atoms with Crippen LogP contribution in [0, 0.1) is 5.41 Å². The number of ether oxygens (including phenoxy) is 2. The summed E-state index contributed by atoms with van der Waals surface area (Å²) in [5.74, 6) is 1.11. The summed E-state index contributed by atoms with van der Waals surface area (Å²) in [7, 11) is 0. The zero-order valence-electron chi connectivity index (χ0n) is 9.63. The van der Waals surface area contributed by atoms with E-state index in [2.05, 4.69) is 5.32 Å². The summed E-state index contributed by atoms with van der Waals surface area (Å²) < 4.78 is 9.47. The SMILES string of the molecule is C[C@]1(C(=O)Nc2ccc3c(c2)OCO3)CC1(Cl)Cl. The van der Waals surface area contributed by atoms with E-state index in [4.69, 9.17) is 32.7 Å². The average Bonchev–Trinajstić information content (AvgIpc) is 2.68. The Hall–Kier alpha value is -1.13. The van der Waals surface area contributed by atoms with Crippen molar-refractivity contribution in [3.05, 3.63) is 18.2 Å². The Morgan fingerprint density at radius 1 is 1.33 bits per heavy atom. The molecular weight excluding hydrogens is 277 g/mol. The van der Waals surface area contributed by atoms with Crippen molar-refractivity contribution in [2.45, 2.75) is 17.7 Å². The first-order valence-electron chi connectivity index (χ1n) is 5.51. The number of amides is 1. The lowest BCUT2D eigenvalue weighted by molar-refractivity contribution is -0.120. The molecule has 1 aliphatic heterocycles. The third-order valence-electron chi connectivity index (χ3n) is 3.39. The van der Waals surface area contributed by atoms with Crippen LogP contribution in [0.15, 0.2) is 18.2 Å². The van der Waals surface area contributed by atoms with E-state index in [0.29, 0.717) is 23.6 Å². The minimum atomic E-state index is -0.965. The fraction of sp³-hybridized carbons (Fsp3) is 0.417. The molecule has 1 atom stereocenters. The van der Waals surface area contributed by atoms with Crippen LogP contribution in [0.25, 0.3) is 0 Å². The van der Waals surface area contributed by atoms with Gasteiger partial charge in [0.1, 0.15) is 4.33 Å². The van der Waals surface area contributed by atoms with Gasteiger partial charge in [-0.1, -0.05) is 0 Å². The van der Waals surface area contributed by atoms with Crippen molar-refractivity contribution in [3.8, 4) is 11.5 Å². The Morgan fingerprint density at radius 2 is 2.00 bits per heavy atom. The van der Waals surface area contributed by atoms with Crippen molar-refractivity contribution < 1.29 is 14.3 Å². The summed E-state index contributed by atoms with van der Waals surface area (Å²) in [6.45, 7) is 1.95. The average molecular weight is 288 g/mol. The Morgan fingerprint density at radius 3 is 2.67 bits per heavy atom. The zero-order valence-corrected chi connectivity index (χ0v) is 11.1. The molecule has 1 fully saturated rings. The Kier molecular flexibility index (Phi) is 2.44. The molecule has 1 heterocycles. The van der Waals surface area contributed by atoms with E-state index >= 15 is 0 Å². The van der Waals surface area contributed by atoms with Gasteiger partial charge in [0.15, 0.2) is 11.5 Å². The van der Waals surface area contributed by atoms with Crippen molar-refractivity contribution in [1.29, 1.82) is 0 Å². The third kappa shape index (κ3) is 1.71. The second-order valence-corrected chi connectivity index (χ2v) is 6.22. The second kappa shape index (κ2) is 3.68. The number of alkyl halides is 2. The second-order valence-electron chi connectivity index (χ2n) is 4.74. The molecule has 0 bridgehead atoms. The van der Waals surface area contributed by atoms with Crippen LogP contribution in [-0.4, -0.2) is 17.0 Å². The molecule has 1 aromatic carbocycles. The lowest BCUT2D eigenvalue weighted by Gasteiger charge is -2.12. The molecule has 1 aliphatic carbocycles. The zero-order chi connectivity index (χ0) is 13.0. The van der Waals surface area contributed by atoms with E-state index in [1.165, 1.54) is 0 Å². The maximum Gasteiger partial charge on any atom is 0.233 e. The van der Waals surface area contributed by atoms with E-state index in [1.807, 2.05) is 0 Å². The van der Waals surface area contributed by atoms with Gasteiger partial charge in [0.2, 0.25) is 12.7 Å². The molecule has 4 nitrogen and oxygen atoms in total. The van der Waals surface area contributed by atoms with E-state index in [1.54, 1.807) is 25.1 Å². The number of fused-ring (bicyclic) bond motifs is 1. The summed E-state index contributed by atoms with van der Waals surface area (Å²) in [6.07, 6.45) is 0.458.